The van der Waals surface area contributed by atoms with E-state index in [4.69, 9.17) is 16.3 Å². The van der Waals surface area contributed by atoms with Gasteiger partial charge in [-0.2, -0.15) is 22.8 Å². The van der Waals surface area contributed by atoms with Crippen molar-refractivity contribution in [3.05, 3.63) is 69.5 Å². The SMILES string of the molecule is CCN(CCOC)c1ccc(/C=c2/c(C(F)(F)F)nn3c(-c4cccc(Cl)c4)nnc23)c(C)c1. The molecular weight excluding hydrogens is 467 g/mol. The van der Waals surface area contributed by atoms with Gasteiger partial charge in [-0.05, 0) is 55.3 Å². The van der Waals surface area contributed by atoms with Crippen LogP contribution in [0.3, 0.4) is 0 Å². The van der Waals surface area contributed by atoms with Crippen molar-refractivity contribution in [2.45, 2.75) is 20.0 Å². The number of ether oxygens (including phenoxy) is 1. The minimum Gasteiger partial charge on any atom is -0.383 e. The fourth-order valence-corrected chi connectivity index (χ4v) is 3.99. The summed E-state index contributed by atoms with van der Waals surface area (Å²) < 4.78 is 48.0. The second kappa shape index (κ2) is 9.60. The number of fused-ring (bicyclic) bond motifs is 1. The first-order valence-electron chi connectivity index (χ1n) is 10.7. The van der Waals surface area contributed by atoms with Crippen molar-refractivity contribution < 1.29 is 17.9 Å². The molecule has 0 aliphatic heterocycles. The third-order valence-corrected chi connectivity index (χ3v) is 5.79. The molecule has 0 aliphatic rings. The number of likely N-dealkylation sites (N-methyl/N-ethyl adjacent to an activating group) is 1. The molecule has 6 nitrogen and oxygen atoms in total. The summed E-state index contributed by atoms with van der Waals surface area (Å²) in [5.41, 5.74) is 1.98. The lowest BCUT2D eigenvalue weighted by atomic mass is 10.1. The number of benzene rings is 2. The fraction of sp³-hybridized carbons (Fsp3) is 0.292. The maximum Gasteiger partial charge on any atom is 0.435 e. The van der Waals surface area contributed by atoms with E-state index in [1.54, 1.807) is 37.4 Å². The lowest BCUT2D eigenvalue weighted by Gasteiger charge is -2.23. The number of nitrogens with zero attached hydrogens (tertiary/aromatic N) is 5. The van der Waals surface area contributed by atoms with Gasteiger partial charge in [-0.3, -0.25) is 0 Å². The van der Waals surface area contributed by atoms with Crippen molar-refractivity contribution in [3.63, 3.8) is 0 Å². The Hall–Kier alpha value is -3.17. The van der Waals surface area contributed by atoms with Crippen LogP contribution in [-0.4, -0.2) is 46.6 Å². The van der Waals surface area contributed by atoms with E-state index in [0.29, 0.717) is 29.3 Å². The number of rotatable bonds is 7. The Morgan fingerprint density at radius 2 is 1.94 bits per heavy atom. The Labute approximate surface area is 199 Å². The van der Waals surface area contributed by atoms with Gasteiger partial charge in [0.05, 0.1) is 11.8 Å². The van der Waals surface area contributed by atoms with E-state index >= 15 is 0 Å². The third kappa shape index (κ3) is 4.71. The number of aromatic nitrogens is 4. The highest BCUT2D eigenvalue weighted by molar-refractivity contribution is 6.30. The molecule has 0 aliphatic carbocycles. The van der Waals surface area contributed by atoms with Crippen LogP contribution in [0.2, 0.25) is 5.02 Å². The first kappa shape index (κ1) is 24.0. The summed E-state index contributed by atoms with van der Waals surface area (Å²) in [4.78, 5) is 2.14. The molecule has 2 aromatic heterocycles. The normalized spacial score (nSPS) is 12.6. The van der Waals surface area contributed by atoms with Gasteiger partial charge in [0.25, 0.3) is 0 Å². The molecule has 34 heavy (non-hydrogen) atoms. The highest BCUT2D eigenvalue weighted by Crippen LogP contribution is 2.28. The van der Waals surface area contributed by atoms with Crippen LogP contribution in [0.15, 0.2) is 42.5 Å². The Bertz CT molecular complexity index is 1370. The largest absolute Gasteiger partial charge is 0.435 e. The molecule has 2 aromatic carbocycles. The van der Waals surface area contributed by atoms with Gasteiger partial charge >= 0.3 is 6.18 Å². The number of hydrogen-bond donors (Lipinski definition) is 0. The molecular formula is C24H23ClF3N5O. The molecule has 0 unspecified atom stereocenters. The summed E-state index contributed by atoms with van der Waals surface area (Å²) in [6.45, 7) is 5.97. The number of aryl methyl sites for hydroxylation is 1. The maximum absolute atomic E-state index is 13.9. The van der Waals surface area contributed by atoms with Crippen molar-refractivity contribution >= 4 is 29.0 Å². The summed E-state index contributed by atoms with van der Waals surface area (Å²) in [5, 5.41) is 12.3. The smallest absolute Gasteiger partial charge is 0.383 e. The molecule has 0 N–H and O–H groups in total. The Morgan fingerprint density at radius 3 is 2.59 bits per heavy atom. The molecule has 4 aromatic rings. The van der Waals surface area contributed by atoms with Crippen LogP contribution in [0.5, 0.6) is 0 Å². The first-order valence-corrected chi connectivity index (χ1v) is 11.0. The highest BCUT2D eigenvalue weighted by atomic mass is 35.5. The van der Waals surface area contributed by atoms with E-state index in [1.807, 2.05) is 26.0 Å². The average Bonchev–Trinajstić information content (AvgIpc) is 3.36. The minimum atomic E-state index is -4.66. The van der Waals surface area contributed by atoms with Gasteiger partial charge in [0, 0.05) is 36.5 Å². The standard InChI is InChI=1S/C24H23ClF3N5O/c1-4-32(10-11-34-3)19-9-8-16(15(2)12-19)14-20-21(24(26,27)28)31-33-22(29-30-23(20)33)17-6-5-7-18(25)13-17/h5-9,12-14H,4,10-11H2,1-3H3/b20-14-. The second-order valence-corrected chi connectivity index (χ2v) is 8.22. The molecule has 4 rings (SSSR count). The predicted molar refractivity (Wildman–Crippen MR) is 126 cm³/mol. The van der Waals surface area contributed by atoms with Crippen molar-refractivity contribution in [2.24, 2.45) is 0 Å². The number of halogens is 4. The highest BCUT2D eigenvalue weighted by Gasteiger charge is 2.37. The molecule has 0 saturated carbocycles. The lowest BCUT2D eigenvalue weighted by molar-refractivity contribution is -0.142. The van der Waals surface area contributed by atoms with Gasteiger partial charge < -0.3 is 9.64 Å². The lowest BCUT2D eigenvalue weighted by Crippen LogP contribution is -2.26. The van der Waals surface area contributed by atoms with Crippen LogP contribution in [0.25, 0.3) is 23.1 Å². The molecule has 178 valence electrons. The predicted octanol–water partition coefficient (Wildman–Crippen LogP) is 4.79. The molecule has 0 bridgehead atoms. The van der Waals surface area contributed by atoms with E-state index in [2.05, 4.69) is 20.2 Å². The summed E-state index contributed by atoms with van der Waals surface area (Å²) in [5.74, 6) is 0.187. The van der Waals surface area contributed by atoms with Crippen LogP contribution in [0.4, 0.5) is 18.9 Å². The molecule has 0 spiro atoms. The Kier molecular flexibility index (Phi) is 6.77. The second-order valence-electron chi connectivity index (χ2n) is 7.79. The third-order valence-electron chi connectivity index (χ3n) is 5.55. The number of anilines is 1. The van der Waals surface area contributed by atoms with Crippen molar-refractivity contribution in [1.29, 1.82) is 0 Å². The van der Waals surface area contributed by atoms with Crippen molar-refractivity contribution in [3.8, 4) is 11.4 Å². The Balaban J connectivity index is 1.84. The molecule has 0 amide bonds. The summed E-state index contributed by atoms with van der Waals surface area (Å²) in [7, 11) is 1.65. The van der Waals surface area contributed by atoms with Crippen LogP contribution < -0.4 is 10.1 Å². The molecule has 0 atom stereocenters. The van der Waals surface area contributed by atoms with E-state index in [9.17, 15) is 13.2 Å². The number of alkyl halides is 3. The van der Waals surface area contributed by atoms with Crippen molar-refractivity contribution in [1.82, 2.24) is 19.8 Å². The van der Waals surface area contributed by atoms with Crippen LogP contribution >= 0.6 is 11.6 Å². The van der Waals surface area contributed by atoms with Crippen molar-refractivity contribution in [2.75, 3.05) is 31.7 Å². The van der Waals surface area contributed by atoms with E-state index < -0.39 is 11.9 Å². The average molecular weight is 490 g/mol. The van der Waals surface area contributed by atoms with Crippen LogP contribution in [-0.2, 0) is 10.9 Å². The monoisotopic (exact) mass is 489 g/mol. The van der Waals surface area contributed by atoms with Crippen LogP contribution in [0, 0.1) is 6.92 Å². The quantitative estimate of drug-likeness (QED) is 0.373. The molecule has 0 saturated heterocycles. The minimum absolute atomic E-state index is 0.0288. The zero-order valence-corrected chi connectivity index (χ0v) is 19.7. The summed E-state index contributed by atoms with van der Waals surface area (Å²) >= 11 is 6.05. The van der Waals surface area contributed by atoms with Gasteiger partial charge in [0.1, 0.15) is 0 Å². The molecule has 10 heteroatoms. The molecule has 2 heterocycles. The van der Waals surface area contributed by atoms with Crippen LogP contribution in [0.1, 0.15) is 23.7 Å². The zero-order chi connectivity index (χ0) is 24.5. The van der Waals surface area contributed by atoms with Gasteiger partial charge in [-0.25, -0.2) is 0 Å². The number of methoxy groups -OCH3 is 1. The van der Waals surface area contributed by atoms with Gasteiger partial charge in [0.15, 0.2) is 17.2 Å². The van der Waals surface area contributed by atoms with E-state index in [1.165, 1.54) is 6.08 Å². The summed E-state index contributed by atoms with van der Waals surface area (Å²) in [6, 6.07) is 12.3. The topological polar surface area (TPSA) is 55.5 Å². The maximum atomic E-state index is 13.9. The van der Waals surface area contributed by atoms with Gasteiger partial charge in [-0.15, -0.1) is 10.2 Å². The van der Waals surface area contributed by atoms with Gasteiger partial charge in [-0.1, -0.05) is 29.8 Å². The molecule has 0 radical (unpaired) electrons. The van der Waals surface area contributed by atoms with E-state index in [-0.39, 0.29) is 16.7 Å². The first-order chi connectivity index (χ1) is 16.2. The fourth-order valence-electron chi connectivity index (χ4n) is 3.80. The zero-order valence-electron chi connectivity index (χ0n) is 18.9. The Morgan fingerprint density at radius 1 is 1.15 bits per heavy atom. The number of hydrogen-bond acceptors (Lipinski definition) is 5. The van der Waals surface area contributed by atoms with Gasteiger partial charge in [0.2, 0.25) is 0 Å². The molecule has 0 fully saturated rings. The summed E-state index contributed by atoms with van der Waals surface area (Å²) in [6.07, 6.45) is -3.20. The van der Waals surface area contributed by atoms with E-state index in [0.717, 1.165) is 22.3 Å².